The summed E-state index contributed by atoms with van der Waals surface area (Å²) in [5, 5.41) is 14.1. The Labute approximate surface area is 135 Å². The molecule has 1 heterocycles. The molecule has 1 aliphatic carbocycles. The smallest absolute Gasteiger partial charge is 0.124 e. The topological polar surface area (TPSA) is 54.4 Å². The van der Waals surface area contributed by atoms with Crippen LogP contribution in [-0.4, -0.2) is 16.7 Å². The third-order valence-corrected chi connectivity index (χ3v) is 5.24. The Morgan fingerprint density at radius 1 is 1.41 bits per heavy atom. The maximum Gasteiger partial charge on any atom is 0.124 e. The highest BCUT2D eigenvalue weighted by Gasteiger charge is 2.19. The van der Waals surface area contributed by atoms with Gasteiger partial charge in [0.15, 0.2) is 0 Å². The number of aromatic nitrogens is 1. The minimum absolute atomic E-state index is 0.0230. The van der Waals surface area contributed by atoms with E-state index in [9.17, 15) is 5.11 Å². The molecular formula is C17H22N2O2S. The van der Waals surface area contributed by atoms with E-state index in [0.29, 0.717) is 6.61 Å². The molecule has 2 N–H and O–H groups in total. The van der Waals surface area contributed by atoms with Gasteiger partial charge in [-0.3, -0.25) is 0 Å². The molecule has 0 spiro atoms. The van der Waals surface area contributed by atoms with E-state index in [0.717, 1.165) is 28.4 Å². The number of ether oxygens (including phenoxy) is 1. The molecule has 3 rings (SSSR count). The van der Waals surface area contributed by atoms with Crippen molar-refractivity contribution in [2.75, 3.05) is 11.9 Å². The van der Waals surface area contributed by atoms with Gasteiger partial charge < -0.3 is 15.2 Å². The first kappa shape index (κ1) is 15.3. The monoisotopic (exact) mass is 318 g/mol. The molecule has 0 radical (unpaired) electrons. The number of aliphatic hydroxyl groups excluding tert-OH is 1. The molecule has 0 fully saturated rings. The van der Waals surface area contributed by atoms with Crippen molar-refractivity contribution >= 4 is 17.0 Å². The summed E-state index contributed by atoms with van der Waals surface area (Å²) in [6, 6.07) is 6.01. The van der Waals surface area contributed by atoms with Crippen molar-refractivity contribution in [3.8, 4) is 5.75 Å². The number of aliphatic hydroxyl groups is 1. The Kier molecular flexibility index (Phi) is 4.64. The lowest BCUT2D eigenvalue weighted by Crippen LogP contribution is -2.07. The highest BCUT2D eigenvalue weighted by Crippen LogP contribution is 2.32. The highest BCUT2D eigenvalue weighted by atomic mass is 32.1. The van der Waals surface area contributed by atoms with E-state index in [1.165, 1.54) is 23.4 Å². The second-order valence-corrected chi connectivity index (χ2v) is 6.67. The molecule has 2 aromatic rings. The number of benzene rings is 1. The van der Waals surface area contributed by atoms with E-state index in [1.807, 2.05) is 36.5 Å². The van der Waals surface area contributed by atoms with Gasteiger partial charge in [0, 0.05) is 16.1 Å². The lowest BCUT2D eigenvalue weighted by Gasteiger charge is -2.15. The Morgan fingerprint density at radius 3 is 3.00 bits per heavy atom. The van der Waals surface area contributed by atoms with Gasteiger partial charge in [0.2, 0.25) is 0 Å². The summed E-state index contributed by atoms with van der Waals surface area (Å²) in [5.74, 6) is 0.747. The van der Waals surface area contributed by atoms with Gasteiger partial charge in [-0.05, 0) is 51.3 Å². The van der Waals surface area contributed by atoms with Crippen LogP contribution in [0.3, 0.4) is 0 Å². The van der Waals surface area contributed by atoms with Crippen molar-refractivity contribution in [2.24, 2.45) is 0 Å². The van der Waals surface area contributed by atoms with Crippen LogP contribution in [0.2, 0.25) is 0 Å². The molecule has 118 valence electrons. The predicted octanol–water partition coefficient (Wildman–Crippen LogP) is 3.70. The zero-order valence-corrected chi connectivity index (χ0v) is 13.9. The zero-order valence-electron chi connectivity index (χ0n) is 13.1. The summed E-state index contributed by atoms with van der Waals surface area (Å²) in [6.45, 7) is 4.64. The number of rotatable bonds is 6. The van der Waals surface area contributed by atoms with Gasteiger partial charge in [-0.2, -0.15) is 0 Å². The third kappa shape index (κ3) is 3.10. The van der Waals surface area contributed by atoms with Crippen molar-refractivity contribution in [3.05, 3.63) is 39.3 Å². The van der Waals surface area contributed by atoms with Gasteiger partial charge >= 0.3 is 0 Å². The minimum Gasteiger partial charge on any atom is -0.494 e. The maximum absolute atomic E-state index is 9.48. The number of nitrogens with zero attached hydrogens (tertiary/aromatic N) is 1. The molecule has 1 atom stereocenters. The van der Waals surface area contributed by atoms with Crippen molar-refractivity contribution in [1.82, 2.24) is 4.98 Å². The van der Waals surface area contributed by atoms with E-state index in [2.05, 4.69) is 12.2 Å². The average molecular weight is 318 g/mol. The number of nitrogens with one attached hydrogen (secondary N) is 1. The number of fused-ring (bicyclic) bond motifs is 1. The van der Waals surface area contributed by atoms with Crippen LogP contribution in [0.4, 0.5) is 5.69 Å². The molecule has 0 saturated heterocycles. The summed E-state index contributed by atoms with van der Waals surface area (Å²) in [7, 11) is 0. The van der Waals surface area contributed by atoms with E-state index in [4.69, 9.17) is 9.72 Å². The fraction of sp³-hybridized carbons (Fsp3) is 0.471. The third-order valence-electron chi connectivity index (χ3n) is 3.90. The highest BCUT2D eigenvalue weighted by molar-refractivity contribution is 7.11. The molecule has 1 aliphatic rings. The van der Waals surface area contributed by atoms with Crippen molar-refractivity contribution in [3.63, 3.8) is 0 Å². The summed E-state index contributed by atoms with van der Waals surface area (Å²) in [5.41, 5.74) is 3.08. The molecular weight excluding hydrogens is 296 g/mol. The van der Waals surface area contributed by atoms with E-state index in [1.54, 1.807) is 0 Å². The zero-order chi connectivity index (χ0) is 15.5. The molecule has 0 bridgehead atoms. The lowest BCUT2D eigenvalue weighted by atomic mass is 10.1. The Hall–Kier alpha value is -1.59. The van der Waals surface area contributed by atoms with Crippen LogP contribution < -0.4 is 10.1 Å². The predicted molar refractivity (Wildman–Crippen MR) is 89.7 cm³/mol. The van der Waals surface area contributed by atoms with Crippen LogP contribution in [0.25, 0.3) is 0 Å². The summed E-state index contributed by atoms with van der Waals surface area (Å²) in [6.07, 6.45) is 3.54. The Bertz CT molecular complexity index is 633. The van der Waals surface area contributed by atoms with Gasteiger partial charge in [-0.25, -0.2) is 4.98 Å². The van der Waals surface area contributed by atoms with E-state index in [-0.39, 0.29) is 12.6 Å². The maximum atomic E-state index is 9.48. The molecule has 0 saturated carbocycles. The number of thiazole rings is 1. The fourth-order valence-electron chi connectivity index (χ4n) is 2.80. The average Bonchev–Trinajstić information content (AvgIpc) is 3.10. The molecule has 5 heteroatoms. The van der Waals surface area contributed by atoms with Crippen LogP contribution in [0, 0.1) is 0 Å². The Balaban J connectivity index is 1.74. The second-order valence-electron chi connectivity index (χ2n) is 5.56. The summed E-state index contributed by atoms with van der Waals surface area (Å²) in [4.78, 5) is 6.21. The second kappa shape index (κ2) is 6.67. The van der Waals surface area contributed by atoms with Crippen molar-refractivity contribution in [1.29, 1.82) is 0 Å². The number of hydrogen-bond acceptors (Lipinski definition) is 5. The van der Waals surface area contributed by atoms with Crippen LogP contribution in [-0.2, 0) is 19.4 Å². The quantitative estimate of drug-likeness (QED) is 0.853. The molecule has 1 aromatic heterocycles. The fourth-order valence-corrected chi connectivity index (χ4v) is 3.95. The van der Waals surface area contributed by atoms with Gasteiger partial charge in [-0.1, -0.05) is 0 Å². The van der Waals surface area contributed by atoms with Crippen LogP contribution in [0.5, 0.6) is 5.75 Å². The van der Waals surface area contributed by atoms with Crippen molar-refractivity contribution in [2.45, 2.75) is 45.8 Å². The number of hydrogen-bond donors (Lipinski definition) is 2. The molecule has 1 aromatic carbocycles. The SMILES string of the molecule is CCOc1ccc(NC(C)c2nc3c(s2)CCC3)cc1CO. The first-order valence-electron chi connectivity index (χ1n) is 7.82. The van der Waals surface area contributed by atoms with Crippen molar-refractivity contribution < 1.29 is 9.84 Å². The molecule has 22 heavy (non-hydrogen) atoms. The molecule has 4 nitrogen and oxygen atoms in total. The largest absolute Gasteiger partial charge is 0.494 e. The standard InChI is InChI=1S/C17H22N2O2S/c1-3-21-15-8-7-13(9-12(15)10-20)18-11(2)17-19-14-5-4-6-16(14)22-17/h7-9,11,18,20H,3-6,10H2,1-2H3. The van der Waals surface area contributed by atoms with Crippen LogP contribution in [0.1, 0.15) is 47.5 Å². The van der Waals surface area contributed by atoms with Gasteiger partial charge in [0.05, 0.1) is 24.9 Å². The minimum atomic E-state index is -0.0230. The number of aryl methyl sites for hydroxylation is 2. The molecule has 0 aliphatic heterocycles. The normalized spacial score (nSPS) is 14.7. The van der Waals surface area contributed by atoms with Gasteiger partial charge in [0.1, 0.15) is 10.8 Å². The molecule has 0 amide bonds. The Morgan fingerprint density at radius 2 is 2.27 bits per heavy atom. The summed E-state index contributed by atoms with van der Waals surface area (Å²) >= 11 is 1.82. The van der Waals surface area contributed by atoms with Gasteiger partial charge in [-0.15, -0.1) is 11.3 Å². The first-order chi connectivity index (χ1) is 10.7. The van der Waals surface area contributed by atoms with Gasteiger partial charge in [0.25, 0.3) is 0 Å². The summed E-state index contributed by atoms with van der Waals surface area (Å²) < 4.78 is 5.52. The van der Waals surface area contributed by atoms with E-state index >= 15 is 0 Å². The molecule has 1 unspecified atom stereocenters. The van der Waals surface area contributed by atoms with Crippen LogP contribution in [0.15, 0.2) is 18.2 Å². The number of anilines is 1. The van der Waals surface area contributed by atoms with E-state index < -0.39 is 0 Å². The lowest BCUT2D eigenvalue weighted by molar-refractivity contribution is 0.267. The first-order valence-corrected chi connectivity index (χ1v) is 8.64. The van der Waals surface area contributed by atoms with Crippen LogP contribution >= 0.6 is 11.3 Å².